The van der Waals surface area contributed by atoms with E-state index in [0.717, 1.165) is 39.0 Å². The molecular formula is C11H25N3O2. The Morgan fingerprint density at radius 1 is 0.750 bits per heavy atom. The highest BCUT2D eigenvalue weighted by molar-refractivity contribution is 5.20. The van der Waals surface area contributed by atoms with E-state index >= 15 is 0 Å². The normalized spacial score (nSPS) is 9.12. The van der Waals surface area contributed by atoms with Crippen molar-refractivity contribution in [1.82, 2.24) is 5.32 Å². The fraction of sp³-hybridized carbons (Fsp3) is 0.909. The lowest BCUT2D eigenvalue weighted by Crippen LogP contribution is -2.17. The van der Waals surface area contributed by atoms with Crippen LogP contribution in [0.4, 0.5) is 0 Å². The Morgan fingerprint density at radius 3 is 1.44 bits per heavy atom. The van der Waals surface area contributed by atoms with Gasteiger partial charge in [0.2, 0.25) is 0 Å². The van der Waals surface area contributed by atoms with Crippen LogP contribution in [-0.4, -0.2) is 32.3 Å². The first-order valence-corrected chi connectivity index (χ1v) is 5.93. The molecule has 0 atom stereocenters. The van der Waals surface area contributed by atoms with E-state index in [1.54, 1.807) is 0 Å². The molecule has 96 valence electrons. The summed E-state index contributed by atoms with van der Waals surface area (Å²) in [5.41, 5.74) is 10.8. The van der Waals surface area contributed by atoms with Crippen LogP contribution in [0.1, 0.15) is 38.5 Å². The minimum Gasteiger partial charge on any atom is -0.330 e. The predicted molar refractivity (Wildman–Crippen MR) is 63.7 cm³/mol. The Labute approximate surface area is 97.9 Å². The molecule has 0 saturated carbocycles. The van der Waals surface area contributed by atoms with Gasteiger partial charge in [0.05, 0.1) is 0 Å². The van der Waals surface area contributed by atoms with Gasteiger partial charge in [0.15, 0.2) is 0 Å². The molecule has 0 amide bonds. The molecule has 0 aliphatic rings. The fourth-order valence-electron chi connectivity index (χ4n) is 1.27. The number of carbonyl (C=O) groups excluding carboxylic acids is 2. The SMILES string of the molecule is NCCCCCNCCCCCN.O=C=O. The van der Waals surface area contributed by atoms with Gasteiger partial charge in [0, 0.05) is 0 Å². The van der Waals surface area contributed by atoms with Crippen molar-refractivity contribution in [2.24, 2.45) is 11.5 Å². The molecule has 0 rings (SSSR count). The number of unbranched alkanes of at least 4 members (excludes halogenated alkanes) is 4. The van der Waals surface area contributed by atoms with Crippen molar-refractivity contribution >= 4 is 6.15 Å². The van der Waals surface area contributed by atoms with Crippen molar-refractivity contribution in [3.8, 4) is 0 Å². The largest absolute Gasteiger partial charge is 0.373 e. The third-order valence-electron chi connectivity index (χ3n) is 2.12. The maximum atomic E-state index is 8.12. The Bertz CT molecular complexity index is 138. The summed E-state index contributed by atoms with van der Waals surface area (Å²) in [4.78, 5) is 16.2. The number of rotatable bonds is 10. The lowest BCUT2D eigenvalue weighted by Gasteiger charge is -2.03. The number of nitrogens with one attached hydrogen (secondary N) is 1. The molecule has 5 N–H and O–H groups in total. The van der Waals surface area contributed by atoms with Crippen LogP contribution in [0.2, 0.25) is 0 Å². The van der Waals surface area contributed by atoms with Crippen LogP contribution in [0.3, 0.4) is 0 Å². The van der Waals surface area contributed by atoms with E-state index < -0.39 is 0 Å². The highest BCUT2D eigenvalue weighted by Gasteiger charge is 1.89. The van der Waals surface area contributed by atoms with Gasteiger partial charge in [-0.15, -0.1) is 0 Å². The molecule has 16 heavy (non-hydrogen) atoms. The minimum absolute atomic E-state index is 0.250. The zero-order valence-corrected chi connectivity index (χ0v) is 10.0. The van der Waals surface area contributed by atoms with E-state index in [1.807, 2.05) is 0 Å². The second-order valence-electron chi connectivity index (χ2n) is 3.53. The number of hydrogen-bond donors (Lipinski definition) is 3. The van der Waals surface area contributed by atoms with Gasteiger partial charge in [0.1, 0.15) is 0 Å². The molecule has 0 aliphatic heterocycles. The summed E-state index contributed by atoms with van der Waals surface area (Å²) >= 11 is 0. The Balaban J connectivity index is 0. The van der Waals surface area contributed by atoms with Gasteiger partial charge in [-0.1, -0.05) is 12.8 Å². The van der Waals surface area contributed by atoms with Crippen LogP contribution in [0.5, 0.6) is 0 Å². The Hall–Kier alpha value is -0.740. The van der Waals surface area contributed by atoms with E-state index in [4.69, 9.17) is 21.1 Å². The first-order chi connectivity index (χ1) is 7.83. The van der Waals surface area contributed by atoms with Crippen molar-refractivity contribution < 1.29 is 9.59 Å². The van der Waals surface area contributed by atoms with E-state index in [0.29, 0.717) is 0 Å². The quantitative estimate of drug-likeness (QED) is 0.468. The van der Waals surface area contributed by atoms with Crippen LogP contribution in [0, 0.1) is 0 Å². The van der Waals surface area contributed by atoms with Gasteiger partial charge in [-0.25, -0.2) is 0 Å². The first kappa shape index (κ1) is 17.6. The lowest BCUT2D eigenvalue weighted by molar-refractivity contribution is -0.191. The smallest absolute Gasteiger partial charge is 0.330 e. The summed E-state index contributed by atoms with van der Waals surface area (Å²) in [7, 11) is 0. The zero-order valence-electron chi connectivity index (χ0n) is 10.0. The summed E-state index contributed by atoms with van der Waals surface area (Å²) in [5, 5.41) is 3.42. The molecule has 0 fully saturated rings. The summed E-state index contributed by atoms with van der Waals surface area (Å²) < 4.78 is 0. The zero-order chi connectivity index (χ0) is 12.5. The highest BCUT2D eigenvalue weighted by atomic mass is 16.2. The topological polar surface area (TPSA) is 98.2 Å². The van der Waals surface area contributed by atoms with E-state index in [2.05, 4.69) is 5.32 Å². The molecule has 0 saturated heterocycles. The van der Waals surface area contributed by atoms with E-state index in [9.17, 15) is 0 Å². The predicted octanol–water partition coefficient (Wildman–Crippen LogP) is 0.251. The van der Waals surface area contributed by atoms with Crippen LogP contribution in [-0.2, 0) is 9.59 Å². The third kappa shape index (κ3) is 23.2. The number of hydrogen-bond acceptors (Lipinski definition) is 5. The second-order valence-corrected chi connectivity index (χ2v) is 3.53. The van der Waals surface area contributed by atoms with Crippen molar-refractivity contribution in [2.75, 3.05) is 26.2 Å². The van der Waals surface area contributed by atoms with Crippen molar-refractivity contribution in [3.63, 3.8) is 0 Å². The summed E-state index contributed by atoms with van der Waals surface area (Å²) in [6.45, 7) is 3.94. The van der Waals surface area contributed by atoms with Gasteiger partial charge in [-0.2, -0.15) is 9.59 Å². The lowest BCUT2D eigenvalue weighted by atomic mass is 10.2. The Morgan fingerprint density at radius 2 is 1.12 bits per heavy atom. The van der Waals surface area contributed by atoms with Gasteiger partial charge >= 0.3 is 6.15 Å². The molecule has 0 aromatic heterocycles. The van der Waals surface area contributed by atoms with Crippen LogP contribution >= 0.6 is 0 Å². The van der Waals surface area contributed by atoms with Crippen LogP contribution in [0.25, 0.3) is 0 Å². The molecule has 0 unspecified atom stereocenters. The molecule has 0 heterocycles. The van der Waals surface area contributed by atoms with Crippen molar-refractivity contribution in [3.05, 3.63) is 0 Å². The fourth-order valence-corrected chi connectivity index (χ4v) is 1.27. The second kappa shape index (κ2) is 19.8. The van der Waals surface area contributed by atoms with Crippen LogP contribution < -0.4 is 16.8 Å². The number of nitrogens with two attached hydrogens (primary N) is 2. The third-order valence-corrected chi connectivity index (χ3v) is 2.12. The maximum Gasteiger partial charge on any atom is 0.373 e. The Kier molecular flexibility index (Phi) is 21.8. The molecule has 0 aliphatic carbocycles. The average molecular weight is 231 g/mol. The summed E-state index contributed by atoms with van der Waals surface area (Å²) in [5.74, 6) is 0. The van der Waals surface area contributed by atoms with Crippen molar-refractivity contribution in [1.29, 1.82) is 0 Å². The minimum atomic E-state index is 0.250. The molecular weight excluding hydrogens is 206 g/mol. The molecule has 0 spiro atoms. The van der Waals surface area contributed by atoms with Gasteiger partial charge in [0.25, 0.3) is 0 Å². The van der Waals surface area contributed by atoms with E-state index in [-0.39, 0.29) is 6.15 Å². The standard InChI is InChI=1S/C10H25N3.CO2/c11-7-3-1-5-9-13-10-6-2-4-8-12;2-1-3/h13H,1-12H2;. The molecule has 5 nitrogen and oxygen atoms in total. The summed E-state index contributed by atoms with van der Waals surface area (Å²) in [6.07, 6.45) is 7.60. The van der Waals surface area contributed by atoms with Crippen LogP contribution in [0.15, 0.2) is 0 Å². The van der Waals surface area contributed by atoms with Crippen molar-refractivity contribution in [2.45, 2.75) is 38.5 Å². The maximum absolute atomic E-state index is 8.12. The molecule has 0 aromatic rings. The van der Waals surface area contributed by atoms with Gasteiger partial charge < -0.3 is 16.8 Å². The molecule has 0 bridgehead atoms. The molecule has 0 radical (unpaired) electrons. The average Bonchev–Trinajstić information content (AvgIpc) is 2.28. The highest BCUT2D eigenvalue weighted by Crippen LogP contribution is 1.93. The van der Waals surface area contributed by atoms with E-state index in [1.165, 1.54) is 25.7 Å². The first-order valence-electron chi connectivity index (χ1n) is 5.93. The van der Waals surface area contributed by atoms with Gasteiger partial charge in [-0.3, -0.25) is 0 Å². The molecule has 5 heteroatoms. The summed E-state index contributed by atoms with van der Waals surface area (Å²) in [6, 6.07) is 0. The van der Waals surface area contributed by atoms with Gasteiger partial charge in [-0.05, 0) is 51.9 Å². The molecule has 0 aromatic carbocycles. The monoisotopic (exact) mass is 231 g/mol.